The number of carbonyl (C=O) groups is 1. The minimum atomic E-state index is -0.956. The lowest BCUT2D eigenvalue weighted by Gasteiger charge is -2.02. The molecule has 0 saturated carbocycles. The van der Waals surface area contributed by atoms with Gasteiger partial charge in [-0.3, -0.25) is 0 Å². The third-order valence-corrected chi connectivity index (χ3v) is 3.18. The quantitative estimate of drug-likeness (QED) is 0.722. The molecule has 104 valence electrons. The zero-order valence-electron chi connectivity index (χ0n) is 11.1. The fraction of sp³-hybridized carbons (Fsp3) is 0. The van der Waals surface area contributed by atoms with E-state index in [9.17, 15) is 4.79 Å². The van der Waals surface area contributed by atoms with Crippen LogP contribution in [0.3, 0.4) is 0 Å². The molecule has 3 rings (SSSR count). The zero-order valence-corrected chi connectivity index (χ0v) is 11.1. The first-order valence-electron chi connectivity index (χ1n) is 6.38. The number of nitrogen functional groups attached to an aromatic ring is 1. The van der Waals surface area contributed by atoms with Crippen molar-refractivity contribution in [2.75, 3.05) is 5.73 Å². The van der Waals surface area contributed by atoms with Crippen molar-refractivity contribution in [3.05, 3.63) is 66.5 Å². The van der Waals surface area contributed by atoms with Gasteiger partial charge in [-0.15, -0.1) is 0 Å². The molecule has 5 nitrogen and oxygen atoms in total. The van der Waals surface area contributed by atoms with Crippen LogP contribution in [0.15, 0.2) is 60.9 Å². The lowest BCUT2D eigenvalue weighted by atomic mass is 10.1. The number of anilines is 1. The molecule has 0 aliphatic rings. The lowest BCUT2D eigenvalue weighted by Crippen LogP contribution is -1.99. The number of benzene rings is 2. The van der Waals surface area contributed by atoms with Crippen molar-refractivity contribution >= 4 is 11.7 Å². The van der Waals surface area contributed by atoms with Crippen LogP contribution in [0.1, 0.15) is 10.4 Å². The molecule has 1 heterocycles. The molecular formula is C16H13N3O2. The minimum Gasteiger partial charge on any atom is -0.478 e. The standard InChI is InChI=1S/C16H13N3O2/c17-14-6-4-11(5-7-14)13-9-18-19(10-13)15-3-1-2-12(8-15)16(20)21/h1-10H,17H2,(H,20,21). The van der Waals surface area contributed by atoms with Crippen LogP contribution in [-0.2, 0) is 0 Å². The van der Waals surface area contributed by atoms with E-state index in [0.717, 1.165) is 11.1 Å². The summed E-state index contributed by atoms with van der Waals surface area (Å²) in [6.07, 6.45) is 3.59. The van der Waals surface area contributed by atoms with Gasteiger partial charge in [0.1, 0.15) is 0 Å². The van der Waals surface area contributed by atoms with Crippen molar-refractivity contribution in [3.63, 3.8) is 0 Å². The van der Waals surface area contributed by atoms with E-state index in [-0.39, 0.29) is 5.56 Å². The Morgan fingerprint density at radius 3 is 2.57 bits per heavy atom. The summed E-state index contributed by atoms with van der Waals surface area (Å²) < 4.78 is 1.65. The lowest BCUT2D eigenvalue weighted by molar-refractivity contribution is 0.0697. The van der Waals surface area contributed by atoms with Crippen LogP contribution in [0, 0.1) is 0 Å². The Morgan fingerprint density at radius 2 is 1.86 bits per heavy atom. The molecule has 0 bridgehead atoms. The monoisotopic (exact) mass is 279 g/mol. The topological polar surface area (TPSA) is 81.1 Å². The maximum absolute atomic E-state index is 11.0. The maximum atomic E-state index is 11.0. The predicted octanol–water partition coefficient (Wildman–Crippen LogP) is 2.82. The smallest absolute Gasteiger partial charge is 0.335 e. The van der Waals surface area contributed by atoms with Crippen molar-refractivity contribution < 1.29 is 9.90 Å². The summed E-state index contributed by atoms with van der Waals surface area (Å²) in [5.41, 5.74) is 9.26. The second kappa shape index (κ2) is 5.13. The van der Waals surface area contributed by atoms with E-state index < -0.39 is 5.97 Å². The zero-order chi connectivity index (χ0) is 14.8. The maximum Gasteiger partial charge on any atom is 0.335 e. The highest BCUT2D eigenvalue weighted by molar-refractivity contribution is 5.88. The van der Waals surface area contributed by atoms with Gasteiger partial charge in [0, 0.05) is 17.4 Å². The number of nitrogens with zero attached hydrogens (tertiary/aromatic N) is 2. The second-order valence-corrected chi connectivity index (χ2v) is 4.65. The number of hydrogen-bond donors (Lipinski definition) is 2. The van der Waals surface area contributed by atoms with Crippen LogP contribution < -0.4 is 5.73 Å². The van der Waals surface area contributed by atoms with Gasteiger partial charge in [0.25, 0.3) is 0 Å². The molecule has 0 atom stereocenters. The molecule has 0 amide bonds. The molecule has 0 aliphatic heterocycles. The number of nitrogens with two attached hydrogens (primary N) is 1. The summed E-state index contributed by atoms with van der Waals surface area (Å²) in [5.74, 6) is -0.956. The van der Waals surface area contributed by atoms with Gasteiger partial charge >= 0.3 is 5.97 Å². The fourth-order valence-electron chi connectivity index (χ4n) is 2.07. The van der Waals surface area contributed by atoms with Gasteiger partial charge in [-0.1, -0.05) is 18.2 Å². The van der Waals surface area contributed by atoms with Crippen molar-refractivity contribution in [1.82, 2.24) is 9.78 Å². The fourth-order valence-corrected chi connectivity index (χ4v) is 2.07. The number of carboxylic acids is 1. The van der Waals surface area contributed by atoms with E-state index in [1.807, 2.05) is 36.5 Å². The van der Waals surface area contributed by atoms with Crippen molar-refractivity contribution in [2.45, 2.75) is 0 Å². The molecule has 0 radical (unpaired) electrons. The summed E-state index contributed by atoms with van der Waals surface area (Å²) in [6, 6.07) is 14.2. The average Bonchev–Trinajstić information content (AvgIpc) is 2.98. The van der Waals surface area contributed by atoms with Gasteiger partial charge in [0.2, 0.25) is 0 Å². The first-order valence-corrected chi connectivity index (χ1v) is 6.38. The van der Waals surface area contributed by atoms with Crippen molar-refractivity contribution in [3.8, 4) is 16.8 Å². The Kier molecular flexibility index (Phi) is 3.16. The molecule has 0 unspecified atom stereocenters. The summed E-state index contributed by atoms with van der Waals surface area (Å²) in [5, 5.41) is 13.3. The highest BCUT2D eigenvalue weighted by atomic mass is 16.4. The molecular weight excluding hydrogens is 266 g/mol. The molecule has 3 aromatic rings. The largest absolute Gasteiger partial charge is 0.478 e. The molecule has 0 saturated heterocycles. The summed E-state index contributed by atoms with van der Waals surface area (Å²) in [4.78, 5) is 11.0. The highest BCUT2D eigenvalue weighted by Crippen LogP contribution is 2.21. The SMILES string of the molecule is Nc1ccc(-c2cnn(-c3cccc(C(=O)O)c3)c2)cc1. The molecule has 0 aliphatic carbocycles. The Bertz CT molecular complexity index is 791. The van der Waals surface area contributed by atoms with E-state index in [1.54, 1.807) is 29.1 Å². The summed E-state index contributed by atoms with van der Waals surface area (Å²) >= 11 is 0. The van der Waals surface area contributed by atoms with Crippen LogP contribution in [0.2, 0.25) is 0 Å². The van der Waals surface area contributed by atoms with Crippen LogP contribution in [0.4, 0.5) is 5.69 Å². The van der Waals surface area contributed by atoms with Crippen LogP contribution in [0.5, 0.6) is 0 Å². The van der Waals surface area contributed by atoms with Crippen molar-refractivity contribution in [1.29, 1.82) is 0 Å². The predicted molar refractivity (Wildman–Crippen MR) is 80.4 cm³/mol. The van der Waals surface area contributed by atoms with Gasteiger partial charge in [-0.05, 0) is 35.9 Å². The number of aromatic nitrogens is 2. The summed E-state index contributed by atoms with van der Waals surface area (Å²) in [6.45, 7) is 0. The molecule has 0 spiro atoms. The molecule has 5 heteroatoms. The third-order valence-electron chi connectivity index (χ3n) is 3.18. The van der Waals surface area contributed by atoms with E-state index in [4.69, 9.17) is 10.8 Å². The van der Waals surface area contributed by atoms with E-state index >= 15 is 0 Å². The van der Waals surface area contributed by atoms with E-state index in [0.29, 0.717) is 11.4 Å². The van der Waals surface area contributed by atoms with Gasteiger partial charge in [0.15, 0.2) is 0 Å². The van der Waals surface area contributed by atoms with Crippen molar-refractivity contribution in [2.24, 2.45) is 0 Å². The van der Waals surface area contributed by atoms with Gasteiger partial charge < -0.3 is 10.8 Å². The third kappa shape index (κ3) is 2.62. The molecule has 21 heavy (non-hydrogen) atoms. The normalized spacial score (nSPS) is 10.5. The van der Waals surface area contributed by atoms with Gasteiger partial charge in [0.05, 0.1) is 17.4 Å². The number of carboxylic acid groups (broad SMARTS) is 1. The first-order chi connectivity index (χ1) is 10.1. The Hall–Kier alpha value is -3.08. The Labute approximate surface area is 121 Å². The van der Waals surface area contributed by atoms with Crippen LogP contribution in [-0.4, -0.2) is 20.9 Å². The minimum absolute atomic E-state index is 0.233. The number of hydrogen-bond acceptors (Lipinski definition) is 3. The average molecular weight is 279 g/mol. The van der Waals surface area contributed by atoms with Crippen LogP contribution >= 0.6 is 0 Å². The summed E-state index contributed by atoms with van der Waals surface area (Å²) in [7, 11) is 0. The van der Waals surface area contributed by atoms with Gasteiger partial charge in [-0.2, -0.15) is 5.10 Å². The van der Waals surface area contributed by atoms with E-state index in [1.165, 1.54) is 0 Å². The molecule has 3 N–H and O–H groups in total. The number of aromatic carboxylic acids is 1. The molecule has 2 aromatic carbocycles. The van der Waals surface area contributed by atoms with E-state index in [2.05, 4.69) is 5.10 Å². The van der Waals surface area contributed by atoms with Crippen LogP contribution in [0.25, 0.3) is 16.8 Å². The Morgan fingerprint density at radius 1 is 1.10 bits per heavy atom. The first kappa shape index (κ1) is 12.9. The number of rotatable bonds is 3. The highest BCUT2D eigenvalue weighted by Gasteiger charge is 2.07. The second-order valence-electron chi connectivity index (χ2n) is 4.65. The Balaban J connectivity index is 1.96. The van der Waals surface area contributed by atoms with Gasteiger partial charge in [-0.25, -0.2) is 9.48 Å². The molecule has 0 fully saturated rings. The molecule has 1 aromatic heterocycles.